The topological polar surface area (TPSA) is 35.2 Å². The van der Waals surface area contributed by atoms with Crippen LogP contribution in [0.5, 0.6) is 5.75 Å². The molecular formula is C18H25NO. The van der Waals surface area contributed by atoms with E-state index >= 15 is 0 Å². The fourth-order valence-corrected chi connectivity index (χ4v) is 5.59. The number of rotatable bonds is 3. The van der Waals surface area contributed by atoms with Crippen LogP contribution in [0.15, 0.2) is 24.3 Å². The molecule has 4 saturated carbocycles. The van der Waals surface area contributed by atoms with E-state index in [1.165, 1.54) is 38.5 Å². The molecule has 1 aromatic carbocycles. The van der Waals surface area contributed by atoms with Gasteiger partial charge in [0.2, 0.25) is 0 Å². The zero-order valence-electron chi connectivity index (χ0n) is 12.3. The number of nitrogens with two attached hydrogens (primary N) is 1. The Bertz CT molecular complexity index is 475. The highest BCUT2D eigenvalue weighted by Crippen LogP contribution is 2.61. The molecule has 1 aromatic rings. The molecule has 0 aromatic heterocycles. The quantitative estimate of drug-likeness (QED) is 0.834. The van der Waals surface area contributed by atoms with E-state index in [1.807, 2.05) is 24.3 Å². The summed E-state index contributed by atoms with van der Waals surface area (Å²) in [6.45, 7) is 2.29. The lowest BCUT2D eigenvalue weighted by Crippen LogP contribution is -2.52. The molecule has 4 bridgehead atoms. The minimum Gasteiger partial charge on any atom is -0.490 e. The monoisotopic (exact) mass is 271 g/mol. The average Bonchev–Trinajstić information content (AvgIpc) is 2.37. The summed E-state index contributed by atoms with van der Waals surface area (Å²) in [7, 11) is 0. The molecule has 4 aliphatic carbocycles. The lowest BCUT2D eigenvalue weighted by atomic mass is 9.48. The molecule has 2 nitrogen and oxygen atoms in total. The Morgan fingerprint density at radius 3 is 2.25 bits per heavy atom. The largest absolute Gasteiger partial charge is 0.490 e. The van der Waals surface area contributed by atoms with Gasteiger partial charge in [0.15, 0.2) is 0 Å². The fourth-order valence-electron chi connectivity index (χ4n) is 5.59. The van der Waals surface area contributed by atoms with E-state index in [2.05, 4.69) is 6.92 Å². The molecule has 5 rings (SSSR count). The highest BCUT2D eigenvalue weighted by atomic mass is 16.5. The van der Waals surface area contributed by atoms with Crippen molar-refractivity contribution in [3.05, 3.63) is 24.3 Å². The Morgan fingerprint density at radius 1 is 1.10 bits per heavy atom. The number of ether oxygens (including phenoxy) is 1. The van der Waals surface area contributed by atoms with E-state index in [-0.39, 0.29) is 0 Å². The van der Waals surface area contributed by atoms with Crippen LogP contribution in [0.4, 0.5) is 5.69 Å². The number of hydrogen-bond donors (Lipinski definition) is 1. The molecule has 2 heteroatoms. The predicted octanol–water partition coefficient (Wildman–Crippen LogP) is 4.25. The Hall–Kier alpha value is -1.18. The standard InChI is InChI=1S/C18H25NO/c1-12(20-17-4-2-3-16(19)8-17)18-9-13-5-14(10-18)7-15(6-13)11-18/h2-4,8,12-15H,5-7,9-11,19H2,1H3. The van der Waals surface area contributed by atoms with Gasteiger partial charge in [-0.25, -0.2) is 0 Å². The van der Waals surface area contributed by atoms with Gasteiger partial charge in [0.05, 0.1) is 0 Å². The number of nitrogen functional groups attached to an aromatic ring is 1. The SMILES string of the molecule is CC(Oc1cccc(N)c1)C12CC3CC(CC(C3)C1)C2. The van der Waals surface area contributed by atoms with Gasteiger partial charge in [-0.3, -0.25) is 0 Å². The number of benzene rings is 1. The van der Waals surface area contributed by atoms with Crippen LogP contribution >= 0.6 is 0 Å². The van der Waals surface area contributed by atoms with Crippen LogP contribution in [-0.2, 0) is 0 Å². The second-order valence-electron chi connectivity index (χ2n) is 7.61. The van der Waals surface area contributed by atoms with Gasteiger partial charge in [-0.2, -0.15) is 0 Å². The molecule has 4 aliphatic rings. The molecule has 108 valence electrons. The fraction of sp³-hybridized carbons (Fsp3) is 0.667. The molecule has 1 atom stereocenters. The first-order valence-corrected chi connectivity index (χ1v) is 8.15. The molecule has 0 heterocycles. The molecule has 4 fully saturated rings. The summed E-state index contributed by atoms with van der Waals surface area (Å²) in [5, 5.41) is 0. The third-order valence-corrected chi connectivity index (χ3v) is 6.12. The van der Waals surface area contributed by atoms with Crippen molar-refractivity contribution in [2.75, 3.05) is 5.73 Å². The predicted molar refractivity (Wildman–Crippen MR) is 81.5 cm³/mol. The van der Waals surface area contributed by atoms with Crippen molar-refractivity contribution >= 4 is 5.69 Å². The second kappa shape index (κ2) is 4.41. The van der Waals surface area contributed by atoms with Gasteiger partial charge in [0.25, 0.3) is 0 Å². The van der Waals surface area contributed by atoms with Crippen molar-refractivity contribution < 1.29 is 4.74 Å². The third-order valence-electron chi connectivity index (χ3n) is 6.12. The van der Waals surface area contributed by atoms with Gasteiger partial charge >= 0.3 is 0 Å². The minimum atomic E-state index is 0.317. The Morgan fingerprint density at radius 2 is 1.70 bits per heavy atom. The van der Waals surface area contributed by atoms with Crippen molar-refractivity contribution in [1.29, 1.82) is 0 Å². The van der Waals surface area contributed by atoms with Gasteiger partial charge in [-0.05, 0) is 75.3 Å². The van der Waals surface area contributed by atoms with Crippen LogP contribution in [0, 0.1) is 23.2 Å². The summed E-state index contributed by atoms with van der Waals surface area (Å²) >= 11 is 0. The van der Waals surface area contributed by atoms with E-state index in [0.717, 1.165) is 29.2 Å². The number of hydrogen-bond acceptors (Lipinski definition) is 2. The van der Waals surface area contributed by atoms with Gasteiger partial charge in [0, 0.05) is 17.2 Å². The molecule has 2 N–H and O–H groups in total. The van der Waals surface area contributed by atoms with Gasteiger partial charge in [0.1, 0.15) is 11.9 Å². The average molecular weight is 271 g/mol. The van der Waals surface area contributed by atoms with Crippen LogP contribution in [0.25, 0.3) is 0 Å². The summed E-state index contributed by atoms with van der Waals surface area (Å²) in [5.41, 5.74) is 7.10. The zero-order chi connectivity index (χ0) is 13.7. The summed E-state index contributed by atoms with van der Waals surface area (Å²) in [6, 6.07) is 7.89. The highest BCUT2D eigenvalue weighted by Gasteiger charge is 2.53. The van der Waals surface area contributed by atoms with E-state index in [1.54, 1.807) is 0 Å². The molecule has 0 saturated heterocycles. The first-order chi connectivity index (χ1) is 9.63. The van der Waals surface area contributed by atoms with E-state index < -0.39 is 0 Å². The molecular weight excluding hydrogens is 246 g/mol. The van der Waals surface area contributed by atoms with Crippen LogP contribution < -0.4 is 10.5 Å². The molecule has 0 amide bonds. The van der Waals surface area contributed by atoms with Crippen LogP contribution in [0.2, 0.25) is 0 Å². The van der Waals surface area contributed by atoms with E-state index in [9.17, 15) is 0 Å². The Labute approximate surface area is 121 Å². The smallest absolute Gasteiger partial charge is 0.121 e. The van der Waals surface area contributed by atoms with Crippen molar-refractivity contribution in [2.24, 2.45) is 23.2 Å². The second-order valence-corrected chi connectivity index (χ2v) is 7.61. The first-order valence-electron chi connectivity index (χ1n) is 8.15. The Kier molecular flexibility index (Phi) is 2.77. The number of anilines is 1. The first kappa shape index (κ1) is 12.6. The lowest BCUT2D eigenvalue weighted by Gasteiger charge is -2.58. The summed E-state index contributed by atoms with van der Waals surface area (Å²) in [5.74, 6) is 3.88. The van der Waals surface area contributed by atoms with Gasteiger partial charge in [-0.15, -0.1) is 0 Å². The molecule has 1 unspecified atom stereocenters. The maximum Gasteiger partial charge on any atom is 0.121 e. The lowest BCUT2D eigenvalue weighted by molar-refractivity contribution is -0.105. The van der Waals surface area contributed by atoms with Crippen LogP contribution in [0.1, 0.15) is 45.4 Å². The third kappa shape index (κ3) is 2.01. The Balaban J connectivity index is 1.54. The van der Waals surface area contributed by atoms with Crippen molar-refractivity contribution in [2.45, 2.75) is 51.6 Å². The van der Waals surface area contributed by atoms with Gasteiger partial charge < -0.3 is 10.5 Å². The normalized spacial score (nSPS) is 39.8. The van der Waals surface area contributed by atoms with Crippen molar-refractivity contribution in [3.8, 4) is 5.75 Å². The summed E-state index contributed by atoms with van der Waals surface area (Å²) in [4.78, 5) is 0. The van der Waals surface area contributed by atoms with Crippen molar-refractivity contribution in [3.63, 3.8) is 0 Å². The molecule has 0 spiro atoms. The van der Waals surface area contributed by atoms with Crippen molar-refractivity contribution in [1.82, 2.24) is 0 Å². The van der Waals surface area contributed by atoms with E-state index in [4.69, 9.17) is 10.5 Å². The highest BCUT2D eigenvalue weighted by molar-refractivity contribution is 5.43. The summed E-state index contributed by atoms with van der Waals surface area (Å²) < 4.78 is 6.30. The maximum absolute atomic E-state index is 6.30. The van der Waals surface area contributed by atoms with Crippen LogP contribution in [0.3, 0.4) is 0 Å². The molecule has 20 heavy (non-hydrogen) atoms. The summed E-state index contributed by atoms with van der Waals surface area (Å²) in [6.07, 6.45) is 8.96. The minimum absolute atomic E-state index is 0.317. The zero-order valence-corrected chi connectivity index (χ0v) is 12.3. The molecule has 0 radical (unpaired) electrons. The molecule has 0 aliphatic heterocycles. The van der Waals surface area contributed by atoms with E-state index in [0.29, 0.717) is 11.5 Å². The van der Waals surface area contributed by atoms with Gasteiger partial charge in [-0.1, -0.05) is 6.07 Å². The van der Waals surface area contributed by atoms with Crippen LogP contribution in [-0.4, -0.2) is 6.10 Å². The maximum atomic E-state index is 6.30.